The van der Waals surface area contributed by atoms with Gasteiger partial charge in [0.25, 0.3) is 0 Å². The van der Waals surface area contributed by atoms with Gasteiger partial charge in [0.1, 0.15) is 0 Å². The van der Waals surface area contributed by atoms with Gasteiger partial charge >= 0.3 is 0 Å². The first-order chi connectivity index (χ1) is 6.24. The molecule has 2 heteroatoms. The molecule has 0 aromatic heterocycles. The Morgan fingerprint density at radius 2 is 1.85 bits per heavy atom. The van der Waals surface area contributed by atoms with Crippen LogP contribution >= 0.6 is 0 Å². The monoisotopic (exact) mass is 184 g/mol. The molecule has 0 saturated heterocycles. The van der Waals surface area contributed by atoms with Gasteiger partial charge in [-0.15, -0.1) is 0 Å². The zero-order valence-electron chi connectivity index (χ0n) is 8.51. The minimum Gasteiger partial charge on any atom is -0.396 e. The molecule has 3 saturated carbocycles. The summed E-state index contributed by atoms with van der Waals surface area (Å²) < 4.78 is 5.02. The number of hydrogen-bond donors (Lipinski definition) is 1. The van der Waals surface area contributed by atoms with E-state index < -0.39 is 0 Å². The predicted octanol–water partition coefficient (Wildman–Crippen LogP) is 1.97. The molecule has 0 atom stereocenters. The van der Waals surface area contributed by atoms with Crippen LogP contribution in [0.15, 0.2) is 0 Å². The van der Waals surface area contributed by atoms with Crippen LogP contribution in [0.3, 0.4) is 0 Å². The third-order valence-corrected chi connectivity index (χ3v) is 3.89. The third kappa shape index (κ3) is 1.50. The van der Waals surface area contributed by atoms with Crippen molar-refractivity contribution in [2.45, 2.75) is 38.5 Å². The summed E-state index contributed by atoms with van der Waals surface area (Å²) in [4.78, 5) is 0. The van der Waals surface area contributed by atoms with Crippen LogP contribution in [-0.2, 0) is 4.74 Å². The van der Waals surface area contributed by atoms with Crippen LogP contribution in [0.1, 0.15) is 38.5 Å². The Morgan fingerprint density at radius 1 is 1.15 bits per heavy atom. The average Bonchev–Trinajstić information content (AvgIpc) is 1.99. The van der Waals surface area contributed by atoms with E-state index in [1.807, 2.05) is 0 Å². The topological polar surface area (TPSA) is 29.5 Å². The van der Waals surface area contributed by atoms with Gasteiger partial charge in [0, 0.05) is 20.3 Å². The van der Waals surface area contributed by atoms with Crippen molar-refractivity contribution in [3.8, 4) is 0 Å². The number of hydrogen-bond acceptors (Lipinski definition) is 2. The SMILES string of the molecule is COCCCCC12CC(CO)(C1)C2. The molecular formula is C11H20O2. The maximum absolute atomic E-state index is 9.09. The third-order valence-electron chi connectivity index (χ3n) is 3.89. The summed E-state index contributed by atoms with van der Waals surface area (Å²) >= 11 is 0. The Balaban J connectivity index is 1.59. The van der Waals surface area contributed by atoms with E-state index in [1.165, 1.54) is 38.5 Å². The van der Waals surface area contributed by atoms with Gasteiger partial charge in [-0.05, 0) is 42.9 Å². The molecule has 2 nitrogen and oxygen atoms in total. The molecule has 3 aliphatic carbocycles. The summed E-state index contributed by atoms with van der Waals surface area (Å²) in [6, 6.07) is 0. The van der Waals surface area contributed by atoms with E-state index in [1.54, 1.807) is 7.11 Å². The Kier molecular flexibility index (Phi) is 2.37. The summed E-state index contributed by atoms with van der Waals surface area (Å²) in [6.45, 7) is 1.33. The highest BCUT2D eigenvalue weighted by atomic mass is 16.5. The Hall–Kier alpha value is -0.0800. The number of rotatable bonds is 6. The van der Waals surface area contributed by atoms with Crippen LogP contribution in [-0.4, -0.2) is 25.4 Å². The second-order valence-corrected chi connectivity index (χ2v) is 5.14. The molecule has 0 radical (unpaired) electrons. The lowest BCUT2D eigenvalue weighted by Crippen LogP contribution is -2.63. The predicted molar refractivity (Wildman–Crippen MR) is 51.5 cm³/mol. The molecule has 3 aliphatic rings. The van der Waals surface area contributed by atoms with E-state index in [4.69, 9.17) is 9.84 Å². The normalized spacial score (nSPS) is 41.1. The summed E-state index contributed by atoms with van der Waals surface area (Å²) in [5, 5.41) is 9.09. The van der Waals surface area contributed by atoms with E-state index in [2.05, 4.69) is 0 Å². The first kappa shape index (κ1) is 9.47. The maximum atomic E-state index is 9.09. The molecule has 2 bridgehead atoms. The highest BCUT2D eigenvalue weighted by molar-refractivity contribution is 5.16. The lowest BCUT2D eigenvalue weighted by molar-refractivity contribution is -0.227. The molecule has 0 aromatic carbocycles. The molecule has 76 valence electrons. The van der Waals surface area contributed by atoms with Crippen molar-refractivity contribution in [2.75, 3.05) is 20.3 Å². The molecule has 0 aromatic rings. The minimum atomic E-state index is 0.390. The average molecular weight is 184 g/mol. The number of unbranched alkanes of at least 4 members (excludes halogenated alkanes) is 1. The molecule has 1 N–H and O–H groups in total. The zero-order chi connectivity index (χ0) is 9.36. The Labute approximate surface area is 80.3 Å². The van der Waals surface area contributed by atoms with Crippen molar-refractivity contribution >= 4 is 0 Å². The van der Waals surface area contributed by atoms with Crippen molar-refractivity contribution in [3.05, 3.63) is 0 Å². The van der Waals surface area contributed by atoms with E-state index in [-0.39, 0.29) is 0 Å². The van der Waals surface area contributed by atoms with Crippen LogP contribution in [0.5, 0.6) is 0 Å². The quantitative estimate of drug-likeness (QED) is 0.639. The van der Waals surface area contributed by atoms with Crippen molar-refractivity contribution in [1.82, 2.24) is 0 Å². The fourth-order valence-electron chi connectivity index (χ4n) is 3.41. The lowest BCUT2D eigenvalue weighted by atomic mass is 9.34. The Morgan fingerprint density at radius 3 is 2.38 bits per heavy atom. The molecular weight excluding hydrogens is 164 g/mol. The molecule has 0 unspecified atom stereocenters. The van der Waals surface area contributed by atoms with Gasteiger partial charge in [-0.3, -0.25) is 0 Å². The van der Waals surface area contributed by atoms with E-state index >= 15 is 0 Å². The largest absolute Gasteiger partial charge is 0.396 e. The van der Waals surface area contributed by atoms with Gasteiger partial charge in [-0.25, -0.2) is 0 Å². The second-order valence-electron chi connectivity index (χ2n) is 5.14. The molecule has 13 heavy (non-hydrogen) atoms. The fourth-order valence-corrected chi connectivity index (χ4v) is 3.41. The van der Waals surface area contributed by atoms with Crippen LogP contribution in [0, 0.1) is 10.8 Å². The summed E-state index contributed by atoms with van der Waals surface area (Å²) in [5.41, 5.74) is 1.05. The second kappa shape index (κ2) is 3.25. The highest BCUT2D eigenvalue weighted by Gasteiger charge is 2.66. The van der Waals surface area contributed by atoms with Crippen molar-refractivity contribution in [2.24, 2.45) is 10.8 Å². The number of methoxy groups -OCH3 is 1. The van der Waals surface area contributed by atoms with E-state index in [9.17, 15) is 0 Å². The molecule has 0 spiro atoms. The number of ether oxygens (including phenoxy) is 1. The van der Waals surface area contributed by atoms with E-state index in [0.29, 0.717) is 17.4 Å². The van der Waals surface area contributed by atoms with Gasteiger partial charge in [0.2, 0.25) is 0 Å². The first-order valence-electron chi connectivity index (χ1n) is 5.34. The first-order valence-corrected chi connectivity index (χ1v) is 5.34. The summed E-state index contributed by atoms with van der Waals surface area (Å²) in [7, 11) is 1.77. The van der Waals surface area contributed by atoms with Crippen LogP contribution in [0.25, 0.3) is 0 Å². The fraction of sp³-hybridized carbons (Fsp3) is 1.00. The Bertz CT molecular complexity index is 169. The van der Waals surface area contributed by atoms with Crippen molar-refractivity contribution in [3.63, 3.8) is 0 Å². The molecule has 0 amide bonds. The van der Waals surface area contributed by atoms with Gasteiger partial charge in [0.05, 0.1) is 0 Å². The van der Waals surface area contributed by atoms with Gasteiger partial charge in [0.15, 0.2) is 0 Å². The lowest BCUT2D eigenvalue weighted by Gasteiger charge is -2.71. The van der Waals surface area contributed by atoms with Crippen molar-refractivity contribution in [1.29, 1.82) is 0 Å². The molecule has 3 fully saturated rings. The molecule has 3 rings (SSSR count). The zero-order valence-corrected chi connectivity index (χ0v) is 8.51. The van der Waals surface area contributed by atoms with E-state index in [0.717, 1.165) is 6.61 Å². The van der Waals surface area contributed by atoms with Crippen LogP contribution in [0.2, 0.25) is 0 Å². The summed E-state index contributed by atoms with van der Waals surface area (Å²) in [6.07, 6.45) is 7.74. The summed E-state index contributed by atoms with van der Waals surface area (Å²) in [5.74, 6) is 0. The van der Waals surface area contributed by atoms with Gasteiger partial charge in [-0.1, -0.05) is 6.42 Å². The van der Waals surface area contributed by atoms with Gasteiger partial charge in [-0.2, -0.15) is 0 Å². The standard InChI is InChI=1S/C11H20O2/c1-13-5-3-2-4-10-6-11(7-10,8-10)9-12/h12H,2-9H2,1H3. The van der Waals surface area contributed by atoms with Crippen LogP contribution < -0.4 is 0 Å². The van der Waals surface area contributed by atoms with Crippen LogP contribution in [0.4, 0.5) is 0 Å². The molecule has 0 heterocycles. The molecule has 0 aliphatic heterocycles. The number of aliphatic hydroxyl groups is 1. The minimum absolute atomic E-state index is 0.390. The smallest absolute Gasteiger partial charge is 0.0488 e. The highest BCUT2D eigenvalue weighted by Crippen LogP contribution is 2.74. The number of aliphatic hydroxyl groups excluding tert-OH is 1. The van der Waals surface area contributed by atoms with Crippen molar-refractivity contribution < 1.29 is 9.84 Å². The maximum Gasteiger partial charge on any atom is 0.0488 e. The van der Waals surface area contributed by atoms with Gasteiger partial charge < -0.3 is 9.84 Å².